The van der Waals surface area contributed by atoms with Gasteiger partial charge in [-0.25, -0.2) is 0 Å². The highest BCUT2D eigenvalue weighted by Gasteiger charge is 2.13. The Labute approximate surface area is 169 Å². The summed E-state index contributed by atoms with van der Waals surface area (Å²) < 4.78 is 15.8. The van der Waals surface area contributed by atoms with E-state index < -0.39 is 0 Å². The Morgan fingerprint density at radius 3 is 2.79 bits per heavy atom. The van der Waals surface area contributed by atoms with Crippen molar-refractivity contribution in [3.63, 3.8) is 0 Å². The van der Waals surface area contributed by atoms with Crippen LogP contribution in [-0.2, 0) is 10.5 Å². The molecule has 2 heterocycles. The number of likely N-dealkylation sites (tertiary alicyclic amines) is 1. The first-order chi connectivity index (χ1) is 13.7. The lowest BCUT2D eigenvalue weighted by molar-refractivity contribution is -0.118. The fraction of sp³-hybridized carbons (Fsp3) is 0.526. The Kier molecular flexibility index (Phi) is 7.55. The Morgan fingerprint density at radius 1 is 1.25 bits per heavy atom. The molecule has 28 heavy (non-hydrogen) atoms. The Balaban J connectivity index is 1.42. The van der Waals surface area contributed by atoms with Gasteiger partial charge in [-0.1, -0.05) is 5.16 Å². The molecule has 1 aliphatic heterocycles. The molecule has 1 N–H and O–H groups in total. The molecule has 1 fully saturated rings. The second-order valence-corrected chi connectivity index (χ2v) is 7.46. The van der Waals surface area contributed by atoms with Gasteiger partial charge >= 0.3 is 0 Å². The summed E-state index contributed by atoms with van der Waals surface area (Å²) in [5, 5.41) is 6.96. The number of amides is 1. The van der Waals surface area contributed by atoms with Crippen molar-refractivity contribution in [2.45, 2.75) is 18.6 Å². The summed E-state index contributed by atoms with van der Waals surface area (Å²) in [5.41, 5.74) is 0.775. The summed E-state index contributed by atoms with van der Waals surface area (Å²) in [5.74, 6) is 3.09. The van der Waals surface area contributed by atoms with Crippen LogP contribution in [0.15, 0.2) is 22.7 Å². The van der Waals surface area contributed by atoms with Gasteiger partial charge in [0.25, 0.3) is 0 Å². The number of nitrogens with one attached hydrogen (secondary N) is 1. The van der Waals surface area contributed by atoms with Crippen LogP contribution in [0.25, 0.3) is 11.4 Å². The van der Waals surface area contributed by atoms with Crippen molar-refractivity contribution in [1.82, 2.24) is 20.4 Å². The molecular formula is C19H26N4O4S. The topological polar surface area (TPSA) is 89.7 Å². The fourth-order valence-corrected chi connectivity index (χ4v) is 3.73. The van der Waals surface area contributed by atoms with Gasteiger partial charge in [-0.15, -0.1) is 11.8 Å². The number of carbonyl (C=O) groups is 1. The lowest BCUT2D eigenvalue weighted by Gasteiger charge is -2.14. The third-order valence-electron chi connectivity index (χ3n) is 4.52. The number of aromatic nitrogens is 2. The average molecular weight is 407 g/mol. The van der Waals surface area contributed by atoms with Crippen LogP contribution in [0, 0.1) is 0 Å². The highest BCUT2D eigenvalue weighted by Crippen LogP contribution is 2.31. The van der Waals surface area contributed by atoms with Crippen LogP contribution in [-0.4, -0.2) is 67.1 Å². The summed E-state index contributed by atoms with van der Waals surface area (Å²) in [6.45, 7) is 3.91. The molecule has 9 heteroatoms. The number of ether oxygens (including phenoxy) is 2. The first-order valence-corrected chi connectivity index (χ1v) is 10.5. The lowest BCUT2D eigenvalue weighted by atomic mass is 10.2. The second kappa shape index (κ2) is 10.3. The average Bonchev–Trinajstić information content (AvgIpc) is 3.39. The second-order valence-electron chi connectivity index (χ2n) is 6.47. The molecule has 1 saturated heterocycles. The molecule has 152 valence electrons. The van der Waals surface area contributed by atoms with E-state index in [4.69, 9.17) is 14.0 Å². The quantitative estimate of drug-likeness (QED) is 0.642. The molecule has 1 aromatic carbocycles. The Hall–Kier alpha value is -2.26. The van der Waals surface area contributed by atoms with Gasteiger partial charge in [0.05, 0.1) is 25.7 Å². The van der Waals surface area contributed by atoms with Gasteiger partial charge in [-0.3, -0.25) is 4.79 Å². The number of nitrogens with zero attached hydrogens (tertiary/aromatic N) is 3. The van der Waals surface area contributed by atoms with E-state index in [1.165, 1.54) is 24.6 Å². The van der Waals surface area contributed by atoms with Gasteiger partial charge in [-0.2, -0.15) is 4.98 Å². The van der Waals surface area contributed by atoms with Gasteiger partial charge in [0.1, 0.15) is 0 Å². The number of methoxy groups -OCH3 is 2. The smallest absolute Gasteiger partial charge is 0.236 e. The summed E-state index contributed by atoms with van der Waals surface area (Å²) >= 11 is 1.45. The van der Waals surface area contributed by atoms with Gasteiger partial charge in [0, 0.05) is 18.7 Å². The SMILES string of the molecule is COc1ccc(-c2noc(CSCC(=O)NCCN3CCCC3)n2)cc1OC. The van der Waals surface area contributed by atoms with Gasteiger partial charge < -0.3 is 24.2 Å². The normalized spacial score (nSPS) is 14.2. The molecule has 1 amide bonds. The van der Waals surface area contributed by atoms with Crippen LogP contribution < -0.4 is 14.8 Å². The fourth-order valence-electron chi connectivity index (χ4n) is 3.05. The molecule has 0 spiro atoms. The predicted molar refractivity (Wildman–Crippen MR) is 108 cm³/mol. The predicted octanol–water partition coefficient (Wildman–Crippen LogP) is 2.20. The number of rotatable bonds is 10. The van der Waals surface area contributed by atoms with E-state index in [2.05, 4.69) is 20.4 Å². The van der Waals surface area contributed by atoms with Crippen LogP contribution in [0.2, 0.25) is 0 Å². The van der Waals surface area contributed by atoms with E-state index in [9.17, 15) is 4.79 Å². The minimum Gasteiger partial charge on any atom is -0.493 e. The standard InChI is InChI=1S/C19H26N4O4S/c1-25-15-6-5-14(11-16(15)26-2)19-21-18(27-22-19)13-28-12-17(24)20-7-10-23-8-3-4-9-23/h5-6,11H,3-4,7-10,12-13H2,1-2H3,(H,20,24). The monoisotopic (exact) mass is 406 g/mol. The van der Waals surface area contributed by atoms with Crippen LogP contribution in [0.1, 0.15) is 18.7 Å². The van der Waals surface area contributed by atoms with E-state index in [0.717, 1.165) is 25.2 Å². The zero-order valence-electron chi connectivity index (χ0n) is 16.3. The van der Waals surface area contributed by atoms with E-state index in [1.54, 1.807) is 26.4 Å². The molecule has 0 bridgehead atoms. The largest absolute Gasteiger partial charge is 0.493 e. The summed E-state index contributed by atoms with van der Waals surface area (Å²) in [6, 6.07) is 5.44. The molecule has 0 aliphatic carbocycles. The molecule has 0 unspecified atom stereocenters. The minimum atomic E-state index is 0.0313. The Bertz CT molecular complexity index is 777. The van der Waals surface area contributed by atoms with E-state index in [-0.39, 0.29) is 5.91 Å². The highest BCUT2D eigenvalue weighted by atomic mass is 32.2. The van der Waals surface area contributed by atoms with Crippen molar-refractivity contribution in [3.05, 3.63) is 24.1 Å². The summed E-state index contributed by atoms with van der Waals surface area (Å²) in [4.78, 5) is 18.7. The van der Waals surface area contributed by atoms with Gasteiger partial charge in [0.15, 0.2) is 11.5 Å². The number of thioether (sulfide) groups is 1. The van der Waals surface area contributed by atoms with Crippen molar-refractivity contribution < 1.29 is 18.8 Å². The third kappa shape index (κ3) is 5.62. The van der Waals surface area contributed by atoms with Crippen LogP contribution >= 0.6 is 11.8 Å². The van der Waals surface area contributed by atoms with Crippen LogP contribution in [0.3, 0.4) is 0 Å². The maximum atomic E-state index is 11.9. The highest BCUT2D eigenvalue weighted by molar-refractivity contribution is 7.99. The molecule has 3 rings (SSSR count). The molecule has 1 aromatic heterocycles. The van der Waals surface area contributed by atoms with E-state index >= 15 is 0 Å². The van der Waals surface area contributed by atoms with Crippen LogP contribution in [0.5, 0.6) is 11.5 Å². The molecular weight excluding hydrogens is 380 g/mol. The van der Waals surface area contributed by atoms with Crippen molar-refractivity contribution in [3.8, 4) is 22.9 Å². The van der Waals surface area contributed by atoms with Crippen molar-refractivity contribution in [1.29, 1.82) is 0 Å². The lowest BCUT2D eigenvalue weighted by Crippen LogP contribution is -2.34. The van der Waals surface area contributed by atoms with Crippen LogP contribution in [0.4, 0.5) is 0 Å². The summed E-state index contributed by atoms with van der Waals surface area (Å²) in [7, 11) is 3.17. The van der Waals surface area contributed by atoms with Crippen molar-refractivity contribution in [2.75, 3.05) is 46.2 Å². The zero-order chi connectivity index (χ0) is 19.8. The summed E-state index contributed by atoms with van der Waals surface area (Å²) in [6.07, 6.45) is 2.53. The molecule has 0 atom stereocenters. The number of carbonyl (C=O) groups excluding carboxylic acids is 1. The van der Waals surface area contributed by atoms with Crippen molar-refractivity contribution in [2.24, 2.45) is 0 Å². The van der Waals surface area contributed by atoms with E-state index in [1.807, 2.05) is 6.07 Å². The first-order valence-electron chi connectivity index (χ1n) is 9.31. The number of benzene rings is 1. The third-order valence-corrected chi connectivity index (χ3v) is 5.43. The zero-order valence-corrected chi connectivity index (χ0v) is 17.1. The van der Waals surface area contributed by atoms with Gasteiger partial charge in [0.2, 0.25) is 17.6 Å². The maximum absolute atomic E-state index is 11.9. The number of hydrogen-bond donors (Lipinski definition) is 1. The number of hydrogen-bond acceptors (Lipinski definition) is 8. The molecule has 2 aromatic rings. The maximum Gasteiger partial charge on any atom is 0.236 e. The first kappa shape index (κ1) is 20.5. The Morgan fingerprint density at radius 2 is 2.04 bits per heavy atom. The molecule has 0 saturated carbocycles. The van der Waals surface area contributed by atoms with E-state index in [0.29, 0.717) is 41.3 Å². The minimum absolute atomic E-state index is 0.0313. The molecule has 1 aliphatic rings. The molecule has 8 nitrogen and oxygen atoms in total. The van der Waals surface area contributed by atoms with Gasteiger partial charge in [-0.05, 0) is 44.1 Å². The molecule has 0 radical (unpaired) electrons. The van der Waals surface area contributed by atoms with Crippen molar-refractivity contribution >= 4 is 17.7 Å².